The monoisotopic (exact) mass is 340 g/mol. The molecule has 1 aromatic carbocycles. The van der Waals surface area contributed by atoms with Crippen molar-refractivity contribution in [3.63, 3.8) is 0 Å². The Morgan fingerprint density at radius 1 is 1.30 bits per heavy atom. The van der Waals surface area contributed by atoms with Gasteiger partial charge < -0.3 is 14.9 Å². The zero-order chi connectivity index (χ0) is 14.5. The molecule has 0 saturated carbocycles. The Morgan fingerprint density at radius 3 is 2.55 bits per heavy atom. The van der Waals surface area contributed by atoms with Gasteiger partial charge in [0.25, 0.3) is 0 Å². The van der Waals surface area contributed by atoms with Crippen LogP contribution in [0, 0.1) is 0 Å². The number of rotatable bonds is 5. The van der Waals surface area contributed by atoms with Gasteiger partial charge in [0.2, 0.25) is 0 Å². The van der Waals surface area contributed by atoms with Crippen molar-refractivity contribution in [2.75, 3.05) is 33.7 Å². The molecule has 1 N–H and O–H groups in total. The summed E-state index contributed by atoms with van der Waals surface area (Å²) in [5.74, 6) is 0. The topological polar surface area (TPSA) is 26.7 Å². The maximum absolute atomic E-state index is 10.3. The van der Waals surface area contributed by atoms with Gasteiger partial charge in [0.05, 0.1) is 6.10 Å². The highest BCUT2D eigenvalue weighted by molar-refractivity contribution is 9.10. The van der Waals surface area contributed by atoms with Gasteiger partial charge in [-0.3, -0.25) is 0 Å². The zero-order valence-electron chi connectivity index (χ0n) is 12.4. The lowest BCUT2D eigenvalue weighted by molar-refractivity contribution is 0.110. The summed E-state index contributed by atoms with van der Waals surface area (Å²) in [5, 5.41) is 10.3. The first-order valence-corrected chi connectivity index (χ1v) is 8.18. The van der Waals surface area contributed by atoms with E-state index in [2.05, 4.69) is 39.8 Å². The maximum atomic E-state index is 10.3. The first-order valence-electron chi connectivity index (χ1n) is 7.39. The average Bonchev–Trinajstić information content (AvgIpc) is 2.45. The second kappa shape index (κ2) is 7.55. The van der Waals surface area contributed by atoms with Crippen molar-refractivity contribution in [1.82, 2.24) is 9.80 Å². The Hall–Kier alpha value is -0.420. The lowest BCUT2D eigenvalue weighted by Crippen LogP contribution is -2.42. The molecule has 3 nitrogen and oxygen atoms in total. The Bertz CT molecular complexity index is 417. The Kier molecular flexibility index (Phi) is 6.02. The van der Waals surface area contributed by atoms with Gasteiger partial charge in [0, 0.05) is 17.1 Å². The molecule has 0 aliphatic carbocycles. The lowest BCUT2D eigenvalue weighted by atomic mass is 10.0. The number of aliphatic hydroxyl groups excluding tert-OH is 1. The molecule has 4 heteroatoms. The molecule has 20 heavy (non-hydrogen) atoms. The van der Waals surface area contributed by atoms with Crippen LogP contribution in [0.15, 0.2) is 28.7 Å². The highest BCUT2D eigenvalue weighted by Gasteiger charge is 2.21. The number of hydrogen-bond donors (Lipinski definition) is 1. The Morgan fingerprint density at radius 2 is 1.95 bits per heavy atom. The molecule has 1 aliphatic heterocycles. The van der Waals surface area contributed by atoms with Crippen LogP contribution in [0.5, 0.6) is 0 Å². The molecule has 1 aliphatic rings. The van der Waals surface area contributed by atoms with Crippen LogP contribution in [0.3, 0.4) is 0 Å². The highest BCUT2D eigenvalue weighted by Crippen LogP contribution is 2.26. The van der Waals surface area contributed by atoms with Gasteiger partial charge in [0.15, 0.2) is 0 Å². The van der Waals surface area contributed by atoms with Crippen molar-refractivity contribution < 1.29 is 5.11 Å². The molecule has 1 heterocycles. The molecule has 0 bridgehead atoms. The van der Waals surface area contributed by atoms with E-state index in [1.165, 1.54) is 12.8 Å². The molecule has 0 radical (unpaired) electrons. The minimum Gasteiger partial charge on any atom is -0.388 e. The lowest BCUT2D eigenvalue weighted by Gasteiger charge is -2.35. The summed E-state index contributed by atoms with van der Waals surface area (Å²) in [4.78, 5) is 4.80. The van der Waals surface area contributed by atoms with Crippen LogP contribution in [0.1, 0.15) is 30.9 Å². The van der Waals surface area contributed by atoms with Crippen molar-refractivity contribution in [2.24, 2.45) is 0 Å². The minimum absolute atomic E-state index is 0.378. The molecule has 0 amide bonds. The van der Waals surface area contributed by atoms with E-state index in [9.17, 15) is 5.11 Å². The smallest absolute Gasteiger partial charge is 0.0813 e. The van der Waals surface area contributed by atoms with Crippen LogP contribution in [-0.2, 0) is 0 Å². The zero-order valence-corrected chi connectivity index (χ0v) is 14.0. The predicted octanol–water partition coefficient (Wildman–Crippen LogP) is 2.90. The van der Waals surface area contributed by atoms with E-state index in [0.717, 1.165) is 42.1 Å². The fourth-order valence-electron chi connectivity index (χ4n) is 2.87. The normalized spacial score (nSPS) is 19.4. The number of halogens is 1. The van der Waals surface area contributed by atoms with E-state index >= 15 is 0 Å². The molecule has 1 saturated heterocycles. The van der Waals surface area contributed by atoms with E-state index in [-0.39, 0.29) is 6.10 Å². The number of nitrogens with zero attached hydrogens (tertiary/aromatic N) is 2. The van der Waals surface area contributed by atoms with Crippen molar-refractivity contribution >= 4 is 15.9 Å². The van der Waals surface area contributed by atoms with Gasteiger partial charge in [-0.15, -0.1) is 0 Å². The summed E-state index contributed by atoms with van der Waals surface area (Å²) >= 11 is 3.51. The molecule has 1 unspecified atom stereocenters. The molecule has 1 aromatic rings. The second-order valence-corrected chi connectivity index (χ2v) is 6.72. The van der Waals surface area contributed by atoms with Crippen molar-refractivity contribution in [2.45, 2.75) is 31.4 Å². The number of hydrogen-bond acceptors (Lipinski definition) is 3. The predicted molar refractivity (Wildman–Crippen MR) is 86.9 cm³/mol. The molecule has 1 atom stereocenters. The molecule has 112 valence electrons. The van der Waals surface area contributed by atoms with Gasteiger partial charge in [-0.2, -0.15) is 0 Å². The van der Waals surface area contributed by atoms with E-state index < -0.39 is 0 Å². The standard InChI is InChI=1S/C16H25BrN2O/c1-18(2)13-7-10-19(11-8-13)12-9-16(20)14-5-3-4-6-15(14)17/h3-6,13,16,20H,7-12H2,1-2H3. The average molecular weight is 341 g/mol. The van der Waals surface area contributed by atoms with Gasteiger partial charge in [-0.05, 0) is 58.1 Å². The van der Waals surface area contributed by atoms with Crippen LogP contribution < -0.4 is 0 Å². The second-order valence-electron chi connectivity index (χ2n) is 5.86. The van der Waals surface area contributed by atoms with Crippen LogP contribution in [0.25, 0.3) is 0 Å². The van der Waals surface area contributed by atoms with E-state index in [4.69, 9.17) is 0 Å². The number of likely N-dealkylation sites (tertiary alicyclic amines) is 1. The molecular formula is C16H25BrN2O. The molecule has 1 fully saturated rings. The SMILES string of the molecule is CN(C)C1CCN(CCC(O)c2ccccc2Br)CC1. The first-order chi connectivity index (χ1) is 9.58. The summed E-state index contributed by atoms with van der Waals surface area (Å²) in [5.41, 5.74) is 0.996. The van der Waals surface area contributed by atoms with Crippen LogP contribution in [0.4, 0.5) is 0 Å². The van der Waals surface area contributed by atoms with E-state index in [1.807, 2.05) is 24.3 Å². The fourth-order valence-corrected chi connectivity index (χ4v) is 3.41. The Labute approximate surface area is 130 Å². The molecule has 0 spiro atoms. The van der Waals surface area contributed by atoms with E-state index in [0.29, 0.717) is 0 Å². The third kappa shape index (κ3) is 4.29. The summed E-state index contributed by atoms with van der Waals surface area (Å²) < 4.78 is 0.999. The largest absolute Gasteiger partial charge is 0.388 e. The summed E-state index contributed by atoms with van der Waals surface area (Å²) in [6, 6.07) is 8.66. The molecule has 2 rings (SSSR count). The van der Waals surface area contributed by atoms with E-state index in [1.54, 1.807) is 0 Å². The Balaban J connectivity index is 1.78. The third-order valence-corrected chi connectivity index (χ3v) is 4.99. The maximum Gasteiger partial charge on any atom is 0.0813 e. The van der Waals surface area contributed by atoms with Crippen LogP contribution in [-0.4, -0.2) is 54.7 Å². The van der Waals surface area contributed by atoms with Crippen molar-refractivity contribution in [3.8, 4) is 0 Å². The van der Waals surface area contributed by atoms with Crippen LogP contribution >= 0.6 is 15.9 Å². The highest BCUT2D eigenvalue weighted by atomic mass is 79.9. The van der Waals surface area contributed by atoms with Crippen molar-refractivity contribution in [3.05, 3.63) is 34.3 Å². The van der Waals surface area contributed by atoms with Crippen molar-refractivity contribution in [1.29, 1.82) is 0 Å². The fraction of sp³-hybridized carbons (Fsp3) is 0.625. The summed E-state index contributed by atoms with van der Waals surface area (Å²) in [6.07, 6.45) is 2.89. The van der Waals surface area contributed by atoms with Gasteiger partial charge in [-0.25, -0.2) is 0 Å². The van der Waals surface area contributed by atoms with Gasteiger partial charge in [0.1, 0.15) is 0 Å². The molecule has 0 aromatic heterocycles. The van der Waals surface area contributed by atoms with Gasteiger partial charge in [-0.1, -0.05) is 34.1 Å². The van der Waals surface area contributed by atoms with Crippen LogP contribution in [0.2, 0.25) is 0 Å². The summed E-state index contributed by atoms with van der Waals surface area (Å²) in [6.45, 7) is 3.26. The summed E-state index contributed by atoms with van der Waals surface area (Å²) in [7, 11) is 4.33. The molecular weight excluding hydrogens is 316 g/mol. The number of piperidine rings is 1. The number of benzene rings is 1. The van der Waals surface area contributed by atoms with Gasteiger partial charge >= 0.3 is 0 Å². The third-order valence-electron chi connectivity index (χ3n) is 4.27. The minimum atomic E-state index is -0.378. The number of aliphatic hydroxyl groups is 1. The quantitative estimate of drug-likeness (QED) is 0.892. The first kappa shape index (κ1) is 16.0.